The molecule has 36 heavy (non-hydrogen) atoms. The number of para-hydroxylation sites is 1. The molecule has 0 saturated carbocycles. The smallest absolute Gasteiger partial charge is 0.494 e. The second kappa shape index (κ2) is 10.0. The third-order valence-electron chi connectivity index (χ3n) is 6.12. The monoisotopic (exact) mass is 484 g/mol. The molecule has 8 nitrogen and oxygen atoms in total. The standard InChI is InChI=1S/C28H25N3O5/c1-2-35-21-14-12-20(13-15-21)29-24(32)18-31-25-22-10-6-7-11-23(22)36-26(25)27(33)30(28(31)34)17-16-19-8-4-3-5-9-19/h3-15,26H,2,16-18H2,1H3/p+1. The Bertz CT molecular complexity index is 1330. The first-order valence-corrected chi connectivity index (χ1v) is 11.9. The fraction of sp³-hybridized carbons (Fsp3) is 0.214. The second-order valence-electron chi connectivity index (χ2n) is 8.48. The highest BCUT2D eigenvalue weighted by atomic mass is 16.5. The van der Waals surface area contributed by atoms with E-state index >= 15 is 0 Å². The summed E-state index contributed by atoms with van der Waals surface area (Å²) in [4.78, 5) is 41.1. The van der Waals surface area contributed by atoms with E-state index in [1.54, 1.807) is 42.5 Å². The van der Waals surface area contributed by atoms with Gasteiger partial charge >= 0.3 is 11.9 Å². The molecule has 1 N–H and O–H groups in total. The molecule has 3 aromatic carbocycles. The summed E-state index contributed by atoms with van der Waals surface area (Å²) >= 11 is 0. The molecule has 2 aliphatic heterocycles. The van der Waals surface area contributed by atoms with Crippen molar-refractivity contribution in [1.29, 1.82) is 0 Å². The Morgan fingerprint density at radius 3 is 2.47 bits per heavy atom. The number of ether oxygens (including phenoxy) is 2. The van der Waals surface area contributed by atoms with Crippen LogP contribution in [-0.4, -0.2) is 58.8 Å². The molecule has 0 aromatic heterocycles. The maximum atomic E-state index is 13.6. The van der Waals surface area contributed by atoms with Crippen molar-refractivity contribution in [2.75, 3.05) is 25.0 Å². The van der Waals surface area contributed by atoms with Crippen molar-refractivity contribution in [2.45, 2.75) is 19.4 Å². The van der Waals surface area contributed by atoms with E-state index in [9.17, 15) is 14.4 Å². The number of carbonyl (C=O) groups is 3. The predicted molar refractivity (Wildman–Crippen MR) is 134 cm³/mol. The number of hydrogen-bond donors (Lipinski definition) is 1. The van der Waals surface area contributed by atoms with Crippen molar-refractivity contribution < 1.29 is 28.4 Å². The number of rotatable bonds is 8. The third-order valence-corrected chi connectivity index (χ3v) is 6.12. The SMILES string of the molecule is CCOc1ccc(NC(=O)C[N+]2=C3c4ccccc4OC3C(=O)N(CCc3ccccc3)C2=O)cc1. The van der Waals surface area contributed by atoms with Crippen molar-refractivity contribution in [3.63, 3.8) is 0 Å². The lowest BCUT2D eigenvalue weighted by molar-refractivity contribution is -0.428. The second-order valence-corrected chi connectivity index (χ2v) is 8.48. The topological polar surface area (TPSA) is 87.9 Å². The van der Waals surface area contributed by atoms with Gasteiger partial charge in [-0.1, -0.05) is 42.5 Å². The van der Waals surface area contributed by atoms with Crippen LogP contribution in [0.2, 0.25) is 0 Å². The van der Waals surface area contributed by atoms with Crippen LogP contribution in [0.1, 0.15) is 18.1 Å². The van der Waals surface area contributed by atoms with Crippen LogP contribution < -0.4 is 14.8 Å². The highest BCUT2D eigenvalue weighted by Crippen LogP contribution is 2.32. The number of hydrogen-bond acceptors (Lipinski definition) is 5. The van der Waals surface area contributed by atoms with Gasteiger partial charge in [-0.3, -0.25) is 4.79 Å². The number of benzene rings is 3. The molecule has 0 radical (unpaired) electrons. The van der Waals surface area contributed by atoms with Gasteiger partial charge < -0.3 is 14.8 Å². The summed E-state index contributed by atoms with van der Waals surface area (Å²) in [7, 11) is 0. The molecule has 1 unspecified atom stereocenters. The molecule has 3 aromatic rings. The van der Waals surface area contributed by atoms with Gasteiger partial charge in [0.05, 0.1) is 12.2 Å². The van der Waals surface area contributed by atoms with Crippen molar-refractivity contribution in [1.82, 2.24) is 4.90 Å². The van der Waals surface area contributed by atoms with Crippen LogP contribution in [0.15, 0.2) is 78.9 Å². The fourth-order valence-electron chi connectivity index (χ4n) is 4.43. The summed E-state index contributed by atoms with van der Waals surface area (Å²) < 4.78 is 12.7. The summed E-state index contributed by atoms with van der Waals surface area (Å²) in [5.41, 5.74) is 2.62. The first kappa shape index (κ1) is 23.3. The van der Waals surface area contributed by atoms with Gasteiger partial charge in [0.15, 0.2) is 12.3 Å². The molecular formula is C28H26N3O5+. The molecular weight excluding hydrogens is 458 g/mol. The fourth-order valence-corrected chi connectivity index (χ4v) is 4.43. The molecule has 2 heterocycles. The van der Waals surface area contributed by atoms with Crippen LogP contribution in [0.5, 0.6) is 11.5 Å². The molecule has 0 saturated heterocycles. The van der Waals surface area contributed by atoms with E-state index in [2.05, 4.69) is 5.32 Å². The number of nitrogens with zero attached hydrogens (tertiary/aromatic N) is 2. The van der Waals surface area contributed by atoms with Crippen molar-refractivity contribution in [3.8, 4) is 11.5 Å². The molecule has 4 amide bonds. The number of nitrogens with one attached hydrogen (secondary N) is 1. The van der Waals surface area contributed by atoms with Crippen LogP contribution in [0.25, 0.3) is 0 Å². The van der Waals surface area contributed by atoms with Gasteiger partial charge in [0.2, 0.25) is 0 Å². The van der Waals surface area contributed by atoms with Gasteiger partial charge in [0, 0.05) is 12.1 Å². The number of fused-ring (bicyclic) bond motifs is 3. The lowest BCUT2D eigenvalue weighted by Gasteiger charge is -2.24. The lowest BCUT2D eigenvalue weighted by Crippen LogP contribution is -2.59. The summed E-state index contributed by atoms with van der Waals surface area (Å²) in [6.45, 7) is 2.37. The van der Waals surface area contributed by atoms with E-state index in [0.29, 0.717) is 41.5 Å². The first-order chi connectivity index (χ1) is 17.5. The molecule has 0 aliphatic carbocycles. The highest BCUT2D eigenvalue weighted by Gasteiger charge is 2.53. The average Bonchev–Trinajstić information content (AvgIpc) is 3.28. The number of carbonyl (C=O) groups excluding carboxylic acids is 3. The molecule has 0 spiro atoms. The largest absolute Gasteiger partial charge is 0.501 e. The Labute approximate surface area is 208 Å². The van der Waals surface area contributed by atoms with Crippen molar-refractivity contribution >= 4 is 29.2 Å². The minimum atomic E-state index is -0.978. The number of imide groups is 1. The zero-order chi connectivity index (χ0) is 25.1. The van der Waals surface area contributed by atoms with Crippen LogP contribution in [0, 0.1) is 0 Å². The zero-order valence-corrected chi connectivity index (χ0v) is 19.8. The third kappa shape index (κ3) is 4.57. The lowest BCUT2D eigenvalue weighted by atomic mass is 10.0. The van der Waals surface area contributed by atoms with E-state index in [1.165, 1.54) is 9.48 Å². The minimum absolute atomic E-state index is 0.183. The van der Waals surface area contributed by atoms with Crippen molar-refractivity contribution in [3.05, 3.63) is 90.0 Å². The van der Waals surface area contributed by atoms with Gasteiger partial charge in [-0.05, 0) is 48.9 Å². The molecule has 0 fully saturated rings. The quantitative estimate of drug-likeness (QED) is 0.495. The van der Waals surface area contributed by atoms with E-state index in [0.717, 1.165) is 5.56 Å². The summed E-state index contributed by atoms with van der Waals surface area (Å²) in [5, 5.41) is 2.82. The van der Waals surface area contributed by atoms with Gasteiger partial charge in [-0.15, -0.1) is 0 Å². The minimum Gasteiger partial charge on any atom is -0.494 e. The maximum Gasteiger partial charge on any atom is 0.501 e. The molecule has 1 atom stereocenters. The van der Waals surface area contributed by atoms with Crippen LogP contribution in [-0.2, 0) is 16.0 Å². The maximum absolute atomic E-state index is 13.6. The Balaban J connectivity index is 1.41. The average molecular weight is 485 g/mol. The molecule has 0 bridgehead atoms. The van der Waals surface area contributed by atoms with Crippen LogP contribution in [0.4, 0.5) is 10.5 Å². The van der Waals surface area contributed by atoms with Crippen LogP contribution in [0.3, 0.4) is 0 Å². The van der Waals surface area contributed by atoms with E-state index in [-0.39, 0.29) is 19.0 Å². The van der Waals surface area contributed by atoms with Gasteiger partial charge in [-0.25, -0.2) is 4.79 Å². The Kier molecular flexibility index (Phi) is 6.49. The van der Waals surface area contributed by atoms with Gasteiger partial charge in [0.1, 0.15) is 18.0 Å². The van der Waals surface area contributed by atoms with Crippen LogP contribution >= 0.6 is 0 Å². The normalized spacial score (nSPS) is 16.4. The first-order valence-electron chi connectivity index (χ1n) is 11.9. The van der Waals surface area contributed by atoms with E-state index in [1.807, 2.05) is 43.3 Å². The summed E-state index contributed by atoms with van der Waals surface area (Å²) in [6, 6.07) is 23.3. The Morgan fingerprint density at radius 1 is 1.00 bits per heavy atom. The molecule has 182 valence electrons. The summed E-state index contributed by atoms with van der Waals surface area (Å²) in [5.74, 6) is 0.402. The Morgan fingerprint density at radius 2 is 1.72 bits per heavy atom. The molecule has 8 heteroatoms. The highest BCUT2D eigenvalue weighted by molar-refractivity contribution is 6.22. The van der Waals surface area contributed by atoms with Gasteiger partial charge in [-0.2, -0.15) is 14.3 Å². The Hall–Kier alpha value is -4.46. The number of anilines is 1. The predicted octanol–water partition coefficient (Wildman–Crippen LogP) is 3.49. The van der Waals surface area contributed by atoms with E-state index in [4.69, 9.17) is 9.47 Å². The zero-order valence-electron chi connectivity index (χ0n) is 19.8. The number of amides is 4. The number of urea groups is 1. The molecule has 2 aliphatic rings. The summed E-state index contributed by atoms with van der Waals surface area (Å²) in [6.07, 6.45) is -0.478. The van der Waals surface area contributed by atoms with Crippen molar-refractivity contribution in [2.24, 2.45) is 0 Å². The van der Waals surface area contributed by atoms with Gasteiger partial charge in [0.25, 0.3) is 12.0 Å². The van der Waals surface area contributed by atoms with E-state index < -0.39 is 18.0 Å². The molecule has 5 rings (SSSR count).